The molecule has 2 aromatic heterocycles. The van der Waals surface area contributed by atoms with Crippen LogP contribution in [0.25, 0.3) is 22.4 Å². The molecule has 0 bridgehead atoms. The van der Waals surface area contributed by atoms with Crippen molar-refractivity contribution in [2.24, 2.45) is 0 Å². The molecule has 0 saturated carbocycles. The Morgan fingerprint density at radius 2 is 1.85 bits per heavy atom. The highest BCUT2D eigenvalue weighted by Gasteiger charge is 2.16. The van der Waals surface area contributed by atoms with Crippen LogP contribution in [0.3, 0.4) is 0 Å². The van der Waals surface area contributed by atoms with Crippen molar-refractivity contribution in [3.63, 3.8) is 0 Å². The van der Waals surface area contributed by atoms with E-state index in [1.165, 1.54) is 0 Å². The minimum atomic E-state index is -0.149. The summed E-state index contributed by atoms with van der Waals surface area (Å²) in [5.74, 6) is 2.06. The number of aromatic nitrogens is 4. The Hall–Kier alpha value is -3.72. The number of para-hydroxylation sites is 2. The van der Waals surface area contributed by atoms with Crippen LogP contribution in [0, 0.1) is 0 Å². The number of amides is 1. The van der Waals surface area contributed by atoms with Gasteiger partial charge in [-0.05, 0) is 49.5 Å². The third-order valence-corrected chi connectivity index (χ3v) is 5.82. The average molecular weight is 463 g/mol. The monoisotopic (exact) mass is 462 g/mol. The first-order valence-corrected chi connectivity index (χ1v) is 11.6. The van der Waals surface area contributed by atoms with Gasteiger partial charge in [-0.1, -0.05) is 31.1 Å². The molecule has 2 heterocycles. The predicted octanol–water partition coefficient (Wildman–Crippen LogP) is 4.01. The fraction of sp³-hybridized carbons (Fsp3) is 0.360. The number of likely N-dealkylation sites (N-methyl/N-ethyl adjacent to an activating group) is 1. The third kappa shape index (κ3) is 5.43. The van der Waals surface area contributed by atoms with Crippen LogP contribution in [0.4, 0.5) is 5.95 Å². The van der Waals surface area contributed by atoms with Crippen LogP contribution in [0.2, 0.25) is 0 Å². The summed E-state index contributed by atoms with van der Waals surface area (Å²) in [6.45, 7) is 7.88. The highest BCUT2D eigenvalue weighted by molar-refractivity contribution is 5.91. The lowest BCUT2D eigenvalue weighted by Gasteiger charge is -2.19. The van der Waals surface area contributed by atoms with E-state index in [-0.39, 0.29) is 12.3 Å². The molecular weight excluding hydrogens is 432 g/mol. The first-order chi connectivity index (χ1) is 16.6. The van der Waals surface area contributed by atoms with Crippen molar-refractivity contribution in [1.82, 2.24) is 24.6 Å². The normalized spacial score (nSPS) is 11.3. The van der Waals surface area contributed by atoms with E-state index in [0.29, 0.717) is 24.1 Å². The Balaban J connectivity index is 1.40. The van der Waals surface area contributed by atoms with Gasteiger partial charge in [0.15, 0.2) is 0 Å². The minimum Gasteiger partial charge on any atom is -0.497 e. The molecule has 0 unspecified atom stereocenters. The molecule has 0 aliphatic heterocycles. The lowest BCUT2D eigenvalue weighted by Crippen LogP contribution is -2.27. The molecule has 0 aliphatic carbocycles. The van der Waals surface area contributed by atoms with Gasteiger partial charge in [-0.25, -0.2) is 4.98 Å². The van der Waals surface area contributed by atoms with Crippen LogP contribution in [0.5, 0.6) is 5.75 Å². The molecule has 178 valence electrons. The van der Waals surface area contributed by atoms with E-state index in [1.807, 2.05) is 48.5 Å². The van der Waals surface area contributed by atoms with Crippen LogP contribution in [0.15, 0.2) is 53.1 Å². The van der Waals surface area contributed by atoms with Crippen LogP contribution in [-0.2, 0) is 17.8 Å². The van der Waals surface area contributed by atoms with Gasteiger partial charge in [-0.3, -0.25) is 10.1 Å². The van der Waals surface area contributed by atoms with Crippen molar-refractivity contribution in [1.29, 1.82) is 0 Å². The fourth-order valence-electron chi connectivity index (χ4n) is 3.80. The third-order valence-electron chi connectivity index (χ3n) is 5.82. The highest BCUT2D eigenvalue weighted by atomic mass is 16.5. The maximum atomic E-state index is 12.7. The number of nitrogens with one attached hydrogen (secondary N) is 1. The summed E-state index contributed by atoms with van der Waals surface area (Å²) < 4.78 is 12.6. The number of nitrogens with zero attached hydrogens (tertiary/aromatic N) is 5. The van der Waals surface area contributed by atoms with Gasteiger partial charge in [0.1, 0.15) is 5.75 Å². The van der Waals surface area contributed by atoms with Crippen molar-refractivity contribution in [3.05, 3.63) is 54.4 Å². The molecule has 0 fully saturated rings. The summed E-state index contributed by atoms with van der Waals surface area (Å²) in [6.07, 6.45) is 0.554. The fourth-order valence-corrected chi connectivity index (χ4v) is 3.80. The number of imidazole rings is 1. The number of benzene rings is 2. The second-order valence-electron chi connectivity index (χ2n) is 7.89. The number of carbonyl (C=O) groups is 1. The Kier molecular flexibility index (Phi) is 7.54. The van der Waals surface area contributed by atoms with Gasteiger partial charge in [0.25, 0.3) is 0 Å². The number of carbonyl (C=O) groups excluding carboxylic acids is 1. The number of aryl methyl sites for hydroxylation is 1. The Morgan fingerprint density at radius 3 is 2.59 bits per heavy atom. The standard InChI is InChI=1S/C25H30N6O3/c1-4-30(5-2)16-17-31-21-9-7-6-8-20(21)26-25(31)27-22(32)14-15-23-28-24(29-34-23)18-10-12-19(33-3)13-11-18/h6-13H,4-5,14-17H2,1-3H3,(H,26,27,32). The smallest absolute Gasteiger partial charge is 0.227 e. The van der Waals surface area contributed by atoms with Crippen LogP contribution < -0.4 is 10.1 Å². The molecule has 2 aromatic carbocycles. The van der Waals surface area contributed by atoms with E-state index in [0.717, 1.165) is 48.5 Å². The summed E-state index contributed by atoms with van der Waals surface area (Å²) >= 11 is 0. The first kappa shape index (κ1) is 23.4. The van der Waals surface area contributed by atoms with Gasteiger partial charge in [-0.2, -0.15) is 4.98 Å². The molecule has 0 saturated heterocycles. The zero-order chi connectivity index (χ0) is 23.9. The lowest BCUT2D eigenvalue weighted by molar-refractivity contribution is -0.116. The van der Waals surface area contributed by atoms with Gasteiger partial charge >= 0.3 is 0 Å². The van der Waals surface area contributed by atoms with Gasteiger partial charge in [0, 0.05) is 31.5 Å². The summed E-state index contributed by atoms with van der Waals surface area (Å²) in [5.41, 5.74) is 2.69. The highest BCUT2D eigenvalue weighted by Crippen LogP contribution is 2.21. The largest absolute Gasteiger partial charge is 0.497 e. The molecule has 0 spiro atoms. The number of rotatable bonds is 11. The van der Waals surface area contributed by atoms with E-state index in [4.69, 9.17) is 9.26 Å². The van der Waals surface area contributed by atoms with Gasteiger partial charge in [0.2, 0.25) is 23.6 Å². The SMILES string of the molecule is CCN(CC)CCn1c(NC(=O)CCc2nc(-c3ccc(OC)cc3)no2)nc2ccccc21. The molecule has 1 N–H and O–H groups in total. The molecule has 1 amide bonds. The summed E-state index contributed by atoms with van der Waals surface area (Å²) in [7, 11) is 1.62. The Labute approximate surface area is 198 Å². The molecule has 34 heavy (non-hydrogen) atoms. The molecule has 4 rings (SSSR count). The molecular formula is C25H30N6O3. The van der Waals surface area contributed by atoms with Crippen molar-refractivity contribution in [3.8, 4) is 17.1 Å². The number of methoxy groups -OCH3 is 1. The molecule has 4 aromatic rings. The molecule has 9 heteroatoms. The Bertz CT molecular complexity index is 1230. The van der Waals surface area contributed by atoms with Crippen LogP contribution in [-0.4, -0.2) is 57.2 Å². The van der Waals surface area contributed by atoms with E-state index < -0.39 is 0 Å². The zero-order valence-corrected chi connectivity index (χ0v) is 19.8. The Morgan fingerprint density at radius 1 is 1.09 bits per heavy atom. The summed E-state index contributed by atoms with van der Waals surface area (Å²) in [6, 6.07) is 15.3. The molecule has 0 atom stereocenters. The molecule has 9 nitrogen and oxygen atoms in total. The lowest BCUT2D eigenvalue weighted by atomic mass is 10.2. The average Bonchev–Trinajstić information content (AvgIpc) is 3.48. The first-order valence-electron chi connectivity index (χ1n) is 11.6. The van der Waals surface area contributed by atoms with Crippen LogP contribution in [0.1, 0.15) is 26.2 Å². The second kappa shape index (κ2) is 10.9. The minimum absolute atomic E-state index is 0.149. The van der Waals surface area contributed by atoms with Gasteiger partial charge < -0.3 is 18.7 Å². The summed E-state index contributed by atoms with van der Waals surface area (Å²) in [5, 5.41) is 7.00. The van der Waals surface area contributed by atoms with Gasteiger partial charge in [0.05, 0.1) is 18.1 Å². The van der Waals surface area contributed by atoms with Crippen molar-refractivity contribution >= 4 is 22.9 Å². The molecule has 0 radical (unpaired) electrons. The number of hydrogen-bond donors (Lipinski definition) is 1. The predicted molar refractivity (Wildman–Crippen MR) is 131 cm³/mol. The number of hydrogen-bond acceptors (Lipinski definition) is 7. The number of anilines is 1. The topological polar surface area (TPSA) is 98.3 Å². The van der Waals surface area contributed by atoms with E-state index in [2.05, 4.69) is 43.8 Å². The maximum Gasteiger partial charge on any atom is 0.227 e. The summed E-state index contributed by atoms with van der Waals surface area (Å²) in [4.78, 5) is 24.1. The number of fused-ring (bicyclic) bond motifs is 1. The maximum absolute atomic E-state index is 12.7. The zero-order valence-electron chi connectivity index (χ0n) is 19.8. The van der Waals surface area contributed by atoms with E-state index in [9.17, 15) is 4.79 Å². The van der Waals surface area contributed by atoms with Gasteiger partial charge in [-0.15, -0.1) is 0 Å². The molecule has 0 aliphatic rings. The van der Waals surface area contributed by atoms with Crippen molar-refractivity contribution in [2.45, 2.75) is 33.2 Å². The van der Waals surface area contributed by atoms with Crippen LogP contribution >= 0.6 is 0 Å². The second-order valence-corrected chi connectivity index (χ2v) is 7.89. The van der Waals surface area contributed by atoms with E-state index >= 15 is 0 Å². The van der Waals surface area contributed by atoms with Crippen molar-refractivity contribution < 1.29 is 14.1 Å². The quantitative estimate of drug-likeness (QED) is 0.360. The number of ether oxygens (including phenoxy) is 1. The van der Waals surface area contributed by atoms with Crippen molar-refractivity contribution in [2.75, 3.05) is 32.1 Å². The van der Waals surface area contributed by atoms with E-state index in [1.54, 1.807) is 7.11 Å².